The summed E-state index contributed by atoms with van der Waals surface area (Å²) in [5.74, 6) is 0.816. The largest absolute Gasteiger partial charge is 0.495 e. The zero-order chi connectivity index (χ0) is 26.4. The van der Waals surface area contributed by atoms with Crippen LogP contribution in [0.4, 0.5) is 11.4 Å². The van der Waals surface area contributed by atoms with E-state index in [0.29, 0.717) is 58.7 Å². The Bertz CT molecular complexity index is 1210. The standard InChI is InChI=1S/C26H32ClN7O3/c1-4-28-24(35)18-7-5-6-8-20(18)30-23-19(27)16-29-26(32-23)31-21-10-9-17(15-22(21)37-3)25(36)34-13-11-33(2)12-14-34/h5-10,15-16,26,30-32H,4,11-14H2,1-3H3,(H,28,35). The molecule has 0 aliphatic carbocycles. The molecule has 1 fully saturated rings. The molecule has 2 aromatic carbocycles. The fourth-order valence-electron chi connectivity index (χ4n) is 4.08. The second-order valence-corrected chi connectivity index (χ2v) is 9.14. The number of halogens is 1. The van der Waals surface area contributed by atoms with E-state index in [1.54, 1.807) is 43.5 Å². The van der Waals surface area contributed by atoms with Gasteiger partial charge in [-0.05, 0) is 44.3 Å². The molecule has 2 amide bonds. The van der Waals surface area contributed by atoms with Gasteiger partial charge in [-0.2, -0.15) is 0 Å². The Morgan fingerprint density at radius 1 is 1.14 bits per heavy atom. The van der Waals surface area contributed by atoms with Crippen LogP contribution in [-0.2, 0) is 0 Å². The van der Waals surface area contributed by atoms with Crippen LogP contribution < -0.4 is 26.0 Å². The Morgan fingerprint density at radius 3 is 2.62 bits per heavy atom. The van der Waals surface area contributed by atoms with Crippen molar-refractivity contribution in [2.24, 2.45) is 4.99 Å². The minimum atomic E-state index is -0.574. The molecule has 196 valence electrons. The van der Waals surface area contributed by atoms with Gasteiger partial charge < -0.3 is 35.8 Å². The lowest BCUT2D eigenvalue weighted by atomic mass is 10.1. The van der Waals surface area contributed by atoms with Gasteiger partial charge in [0.2, 0.25) is 0 Å². The van der Waals surface area contributed by atoms with Gasteiger partial charge in [0.1, 0.15) is 11.6 Å². The van der Waals surface area contributed by atoms with E-state index in [1.165, 1.54) is 6.21 Å². The second-order valence-electron chi connectivity index (χ2n) is 8.73. The highest BCUT2D eigenvalue weighted by atomic mass is 35.5. The maximum atomic E-state index is 13.0. The van der Waals surface area contributed by atoms with E-state index in [-0.39, 0.29) is 11.8 Å². The molecule has 1 unspecified atom stereocenters. The van der Waals surface area contributed by atoms with Crippen molar-refractivity contribution >= 4 is 41.0 Å². The number of nitrogens with zero attached hydrogens (tertiary/aromatic N) is 3. The number of hydrogen-bond donors (Lipinski definition) is 4. The minimum Gasteiger partial charge on any atom is -0.495 e. The average molecular weight is 526 g/mol. The van der Waals surface area contributed by atoms with Crippen LogP contribution in [0.3, 0.4) is 0 Å². The van der Waals surface area contributed by atoms with Crippen LogP contribution >= 0.6 is 11.6 Å². The summed E-state index contributed by atoms with van der Waals surface area (Å²) in [6, 6.07) is 12.5. The number of rotatable bonds is 8. The molecule has 4 N–H and O–H groups in total. The monoisotopic (exact) mass is 525 g/mol. The molecule has 4 rings (SSSR count). The third-order valence-corrected chi connectivity index (χ3v) is 6.44. The molecule has 0 bridgehead atoms. The number of carbonyl (C=O) groups is 2. The molecule has 2 aliphatic heterocycles. The Kier molecular flexibility index (Phi) is 8.52. The fourth-order valence-corrected chi connectivity index (χ4v) is 4.24. The molecule has 2 aliphatic rings. The lowest BCUT2D eigenvalue weighted by molar-refractivity contribution is 0.0663. The number of amides is 2. The van der Waals surface area contributed by atoms with Gasteiger partial charge in [-0.3, -0.25) is 9.59 Å². The van der Waals surface area contributed by atoms with Crippen LogP contribution in [0.1, 0.15) is 27.6 Å². The van der Waals surface area contributed by atoms with Gasteiger partial charge in [0.25, 0.3) is 11.8 Å². The minimum absolute atomic E-state index is 0.0151. The number of para-hydroxylation sites is 1. The Morgan fingerprint density at radius 2 is 1.89 bits per heavy atom. The SMILES string of the molecule is CCNC(=O)c1ccccc1NC1=C(Cl)C=NC(Nc2ccc(C(=O)N3CCN(C)CC3)cc2OC)N1. The van der Waals surface area contributed by atoms with Gasteiger partial charge in [-0.25, -0.2) is 4.99 Å². The lowest BCUT2D eigenvalue weighted by Crippen LogP contribution is -2.47. The molecule has 0 saturated carbocycles. The molecule has 2 aromatic rings. The molecular weight excluding hydrogens is 494 g/mol. The van der Waals surface area contributed by atoms with Crippen molar-refractivity contribution in [2.45, 2.75) is 13.2 Å². The number of aliphatic imine (C=N–C) groups is 1. The number of likely N-dealkylation sites (N-methyl/N-ethyl adjacent to an activating group) is 1. The van der Waals surface area contributed by atoms with Crippen molar-refractivity contribution in [1.82, 2.24) is 20.4 Å². The van der Waals surface area contributed by atoms with E-state index < -0.39 is 6.29 Å². The first-order chi connectivity index (χ1) is 17.9. The molecule has 10 nitrogen and oxygen atoms in total. The highest BCUT2D eigenvalue weighted by Crippen LogP contribution is 2.28. The van der Waals surface area contributed by atoms with Crippen molar-refractivity contribution in [1.29, 1.82) is 0 Å². The summed E-state index contributed by atoms with van der Waals surface area (Å²) in [4.78, 5) is 33.9. The predicted molar refractivity (Wildman–Crippen MR) is 146 cm³/mol. The van der Waals surface area contributed by atoms with Gasteiger partial charge in [-0.15, -0.1) is 0 Å². The van der Waals surface area contributed by atoms with E-state index in [0.717, 1.165) is 13.1 Å². The third kappa shape index (κ3) is 6.33. The molecule has 37 heavy (non-hydrogen) atoms. The third-order valence-electron chi connectivity index (χ3n) is 6.16. The molecule has 0 radical (unpaired) electrons. The maximum Gasteiger partial charge on any atom is 0.254 e. The predicted octanol–water partition coefficient (Wildman–Crippen LogP) is 2.72. The summed E-state index contributed by atoms with van der Waals surface area (Å²) in [7, 11) is 3.61. The average Bonchev–Trinajstić information content (AvgIpc) is 2.91. The molecule has 1 saturated heterocycles. The first-order valence-corrected chi connectivity index (χ1v) is 12.5. The van der Waals surface area contributed by atoms with Crippen molar-refractivity contribution in [2.75, 3.05) is 57.5 Å². The number of methoxy groups -OCH3 is 1. The molecule has 11 heteroatoms. The van der Waals surface area contributed by atoms with Crippen LogP contribution in [0, 0.1) is 0 Å². The van der Waals surface area contributed by atoms with Gasteiger partial charge in [0, 0.05) is 44.5 Å². The molecule has 0 aromatic heterocycles. The quantitative estimate of drug-likeness (QED) is 0.419. The van der Waals surface area contributed by atoms with Crippen molar-refractivity contribution in [3.05, 3.63) is 64.4 Å². The van der Waals surface area contributed by atoms with Gasteiger partial charge in [0.15, 0.2) is 6.29 Å². The van der Waals surface area contributed by atoms with Crippen LogP contribution in [0.2, 0.25) is 0 Å². The number of piperazine rings is 1. The molecular formula is C26H32ClN7O3. The number of nitrogens with one attached hydrogen (secondary N) is 4. The molecule has 1 atom stereocenters. The van der Waals surface area contributed by atoms with Crippen LogP contribution in [0.5, 0.6) is 5.75 Å². The van der Waals surface area contributed by atoms with Crippen molar-refractivity contribution in [3.8, 4) is 5.75 Å². The molecule has 2 heterocycles. The van der Waals surface area contributed by atoms with Crippen molar-refractivity contribution < 1.29 is 14.3 Å². The Balaban J connectivity index is 1.46. The fraction of sp³-hybridized carbons (Fsp3) is 0.346. The number of benzene rings is 2. The number of allylic oxidation sites excluding steroid dienone is 1. The summed E-state index contributed by atoms with van der Waals surface area (Å²) >= 11 is 6.40. The Labute approximate surface area is 221 Å². The first-order valence-electron chi connectivity index (χ1n) is 12.2. The zero-order valence-electron chi connectivity index (χ0n) is 21.2. The van der Waals surface area contributed by atoms with Gasteiger partial charge in [0.05, 0.1) is 29.1 Å². The number of carbonyl (C=O) groups excluding carboxylic acids is 2. The van der Waals surface area contributed by atoms with Crippen LogP contribution in [0.15, 0.2) is 58.3 Å². The number of ether oxygens (including phenoxy) is 1. The van der Waals surface area contributed by atoms with E-state index in [4.69, 9.17) is 16.3 Å². The summed E-state index contributed by atoms with van der Waals surface area (Å²) in [5, 5.41) is 12.9. The zero-order valence-corrected chi connectivity index (χ0v) is 21.9. The Hall–Kier alpha value is -3.76. The smallest absolute Gasteiger partial charge is 0.254 e. The topological polar surface area (TPSA) is 110 Å². The van der Waals surface area contributed by atoms with Crippen LogP contribution in [0.25, 0.3) is 0 Å². The van der Waals surface area contributed by atoms with E-state index in [9.17, 15) is 9.59 Å². The normalized spacial score (nSPS) is 17.7. The van der Waals surface area contributed by atoms with E-state index in [2.05, 4.69) is 38.2 Å². The summed E-state index contributed by atoms with van der Waals surface area (Å²) in [6.07, 6.45) is 0.958. The maximum absolute atomic E-state index is 13.0. The summed E-state index contributed by atoms with van der Waals surface area (Å²) in [6.45, 7) is 5.50. The highest BCUT2D eigenvalue weighted by molar-refractivity contribution is 6.40. The summed E-state index contributed by atoms with van der Waals surface area (Å²) < 4.78 is 5.57. The van der Waals surface area contributed by atoms with Crippen LogP contribution in [-0.4, -0.2) is 81.0 Å². The van der Waals surface area contributed by atoms with Gasteiger partial charge in [-0.1, -0.05) is 23.7 Å². The lowest BCUT2D eigenvalue weighted by Gasteiger charge is -2.32. The first kappa shape index (κ1) is 26.3. The number of hydrogen-bond acceptors (Lipinski definition) is 8. The number of anilines is 2. The summed E-state index contributed by atoms with van der Waals surface area (Å²) in [5.41, 5.74) is 2.33. The van der Waals surface area contributed by atoms with E-state index in [1.807, 2.05) is 17.9 Å². The van der Waals surface area contributed by atoms with Gasteiger partial charge >= 0.3 is 0 Å². The van der Waals surface area contributed by atoms with E-state index >= 15 is 0 Å². The second kappa shape index (κ2) is 12.0. The van der Waals surface area contributed by atoms with Crippen molar-refractivity contribution in [3.63, 3.8) is 0 Å². The highest BCUT2D eigenvalue weighted by Gasteiger charge is 2.23. The molecule has 0 spiro atoms.